The van der Waals surface area contributed by atoms with Crippen LogP contribution in [-0.4, -0.2) is 15.8 Å². The van der Waals surface area contributed by atoms with E-state index < -0.39 is 0 Å². The minimum Gasteiger partial charge on any atom is -0.299 e. The number of aromatic nitrogens is 2. The Bertz CT molecular complexity index is 797. The molecular formula is C15H13IN4OS. The Labute approximate surface area is 145 Å². The van der Waals surface area contributed by atoms with Crippen molar-refractivity contribution in [3.05, 3.63) is 57.1 Å². The van der Waals surface area contributed by atoms with Crippen LogP contribution in [0.2, 0.25) is 0 Å². The molecule has 1 aromatic carbocycles. The third-order valence-electron chi connectivity index (χ3n) is 2.88. The van der Waals surface area contributed by atoms with Gasteiger partial charge < -0.3 is 0 Å². The van der Waals surface area contributed by atoms with Crippen molar-refractivity contribution in [2.24, 2.45) is 0 Å². The summed E-state index contributed by atoms with van der Waals surface area (Å²) in [7, 11) is 0. The molecule has 2 amide bonds. The molecule has 0 fully saturated rings. The summed E-state index contributed by atoms with van der Waals surface area (Å²) >= 11 is 3.74. The van der Waals surface area contributed by atoms with E-state index in [9.17, 15) is 4.79 Å². The van der Waals surface area contributed by atoms with Gasteiger partial charge in [-0.15, -0.1) is 11.3 Å². The van der Waals surface area contributed by atoms with Gasteiger partial charge in [0, 0.05) is 6.07 Å². The summed E-state index contributed by atoms with van der Waals surface area (Å²) in [6.45, 7) is 1.89. The van der Waals surface area contributed by atoms with Crippen LogP contribution in [0.1, 0.15) is 5.69 Å². The van der Waals surface area contributed by atoms with E-state index in [1.165, 1.54) is 11.3 Å². The largest absolute Gasteiger partial charge is 0.325 e. The van der Waals surface area contributed by atoms with E-state index >= 15 is 0 Å². The van der Waals surface area contributed by atoms with Crippen molar-refractivity contribution in [3.63, 3.8) is 0 Å². The standard InChI is InChI=1S/C15H13IN4OS/c1-10-9-13(20(19-10)11-5-3-2-4-6-11)17-15(21)18-14-8-7-12(16)22-14/h2-9H,1H3,(H2,17,18,21). The molecule has 112 valence electrons. The van der Waals surface area contributed by atoms with Gasteiger partial charge in [-0.05, 0) is 53.8 Å². The maximum Gasteiger partial charge on any atom is 0.325 e. The number of halogens is 1. The van der Waals surface area contributed by atoms with Gasteiger partial charge in [0.25, 0.3) is 0 Å². The summed E-state index contributed by atoms with van der Waals surface area (Å²) in [5.74, 6) is 0.632. The summed E-state index contributed by atoms with van der Waals surface area (Å²) < 4.78 is 2.84. The fourth-order valence-corrected chi connectivity index (χ4v) is 3.51. The van der Waals surface area contributed by atoms with Gasteiger partial charge in [0.05, 0.1) is 19.3 Å². The Balaban J connectivity index is 1.79. The third-order valence-corrected chi connectivity index (χ3v) is 4.69. The molecule has 7 heteroatoms. The van der Waals surface area contributed by atoms with Crippen LogP contribution in [0.15, 0.2) is 48.5 Å². The average Bonchev–Trinajstić information content (AvgIpc) is 3.06. The molecule has 0 saturated carbocycles. The van der Waals surface area contributed by atoms with Crippen LogP contribution in [0.3, 0.4) is 0 Å². The lowest BCUT2D eigenvalue weighted by Gasteiger charge is -2.09. The average molecular weight is 424 g/mol. The molecule has 0 spiro atoms. The maximum absolute atomic E-state index is 12.1. The number of carbonyl (C=O) groups is 1. The van der Waals surface area contributed by atoms with Gasteiger partial charge in [-0.2, -0.15) is 5.10 Å². The molecule has 3 rings (SSSR count). The van der Waals surface area contributed by atoms with E-state index in [1.807, 2.05) is 55.5 Å². The summed E-state index contributed by atoms with van der Waals surface area (Å²) in [4.78, 5) is 12.1. The van der Waals surface area contributed by atoms with Crippen LogP contribution in [0.4, 0.5) is 15.6 Å². The SMILES string of the molecule is Cc1cc(NC(=O)Nc2ccc(I)s2)n(-c2ccccc2)n1. The second-order valence-corrected chi connectivity index (χ2v) is 7.58. The first kappa shape index (κ1) is 15.0. The van der Waals surface area contributed by atoms with Gasteiger partial charge in [-0.1, -0.05) is 18.2 Å². The lowest BCUT2D eigenvalue weighted by molar-refractivity contribution is 0.262. The molecule has 5 nitrogen and oxygen atoms in total. The quantitative estimate of drug-likeness (QED) is 0.609. The number of benzene rings is 1. The molecule has 0 unspecified atom stereocenters. The molecule has 0 aliphatic carbocycles. The highest BCUT2D eigenvalue weighted by Gasteiger charge is 2.11. The second kappa shape index (κ2) is 6.49. The molecule has 2 aromatic heterocycles. The Morgan fingerprint density at radius 2 is 1.95 bits per heavy atom. The van der Waals surface area contributed by atoms with Crippen molar-refractivity contribution in [2.45, 2.75) is 6.92 Å². The Morgan fingerprint density at radius 1 is 1.18 bits per heavy atom. The number of anilines is 2. The number of nitrogens with one attached hydrogen (secondary N) is 2. The highest BCUT2D eigenvalue weighted by Crippen LogP contribution is 2.23. The molecule has 0 aliphatic rings. The number of hydrogen-bond donors (Lipinski definition) is 2. The summed E-state index contributed by atoms with van der Waals surface area (Å²) in [6, 6.07) is 15.1. The Hall–Kier alpha value is -1.87. The zero-order chi connectivity index (χ0) is 15.5. The molecule has 22 heavy (non-hydrogen) atoms. The minimum absolute atomic E-state index is 0.282. The van der Waals surface area contributed by atoms with E-state index in [2.05, 4.69) is 38.3 Å². The zero-order valence-corrected chi connectivity index (χ0v) is 14.7. The van der Waals surface area contributed by atoms with Gasteiger partial charge >= 0.3 is 6.03 Å². The topological polar surface area (TPSA) is 59.0 Å². The molecule has 3 aromatic rings. The summed E-state index contributed by atoms with van der Waals surface area (Å²) in [6.07, 6.45) is 0. The fourth-order valence-electron chi connectivity index (χ4n) is 2.00. The van der Waals surface area contributed by atoms with Gasteiger partial charge in [-0.3, -0.25) is 10.6 Å². The van der Waals surface area contributed by atoms with E-state index in [-0.39, 0.29) is 6.03 Å². The van der Waals surface area contributed by atoms with E-state index in [0.717, 1.165) is 19.3 Å². The number of urea groups is 1. The predicted molar refractivity (Wildman–Crippen MR) is 98.0 cm³/mol. The molecule has 0 saturated heterocycles. The first-order valence-corrected chi connectivity index (χ1v) is 8.47. The lowest BCUT2D eigenvalue weighted by Crippen LogP contribution is -2.20. The molecule has 0 atom stereocenters. The number of thiophene rings is 1. The highest BCUT2D eigenvalue weighted by atomic mass is 127. The molecular weight excluding hydrogens is 411 g/mol. The number of nitrogens with zero attached hydrogens (tertiary/aromatic N) is 2. The predicted octanol–water partition coefficient (Wildman–Crippen LogP) is 4.49. The van der Waals surface area contributed by atoms with Crippen LogP contribution in [0.5, 0.6) is 0 Å². The number of carbonyl (C=O) groups excluding carboxylic acids is 1. The van der Waals surface area contributed by atoms with Gasteiger partial charge in [0.1, 0.15) is 5.82 Å². The monoisotopic (exact) mass is 424 g/mol. The van der Waals surface area contributed by atoms with Crippen molar-refractivity contribution in [1.29, 1.82) is 0 Å². The Morgan fingerprint density at radius 3 is 2.64 bits per heavy atom. The first-order chi connectivity index (χ1) is 10.6. The zero-order valence-electron chi connectivity index (χ0n) is 11.7. The number of hydrogen-bond acceptors (Lipinski definition) is 3. The van der Waals surface area contributed by atoms with E-state index in [4.69, 9.17) is 0 Å². The molecule has 0 aliphatic heterocycles. The smallest absolute Gasteiger partial charge is 0.299 e. The maximum atomic E-state index is 12.1. The fraction of sp³-hybridized carbons (Fsp3) is 0.0667. The molecule has 2 heterocycles. The van der Waals surface area contributed by atoms with Crippen molar-refractivity contribution >= 4 is 50.8 Å². The van der Waals surface area contributed by atoms with Crippen molar-refractivity contribution in [3.8, 4) is 5.69 Å². The van der Waals surface area contributed by atoms with Crippen LogP contribution in [0.25, 0.3) is 5.69 Å². The van der Waals surface area contributed by atoms with Crippen LogP contribution >= 0.6 is 33.9 Å². The number of aryl methyl sites for hydroxylation is 1. The number of para-hydroxylation sites is 1. The minimum atomic E-state index is -0.282. The van der Waals surface area contributed by atoms with Crippen molar-refractivity contribution in [1.82, 2.24) is 9.78 Å². The van der Waals surface area contributed by atoms with E-state index in [1.54, 1.807) is 4.68 Å². The van der Waals surface area contributed by atoms with Gasteiger partial charge in [0.15, 0.2) is 0 Å². The normalized spacial score (nSPS) is 10.5. The van der Waals surface area contributed by atoms with Crippen molar-refractivity contribution in [2.75, 3.05) is 10.6 Å². The van der Waals surface area contributed by atoms with Crippen LogP contribution < -0.4 is 10.6 Å². The number of amides is 2. The lowest BCUT2D eigenvalue weighted by atomic mass is 10.3. The van der Waals surface area contributed by atoms with Crippen LogP contribution in [-0.2, 0) is 0 Å². The van der Waals surface area contributed by atoms with E-state index in [0.29, 0.717) is 5.82 Å². The van der Waals surface area contributed by atoms with Gasteiger partial charge in [0.2, 0.25) is 0 Å². The first-order valence-electron chi connectivity index (χ1n) is 6.57. The number of rotatable bonds is 3. The summed E-state index contributed by atoms with van der Waals surface area (Å²) in [5.41, 5.74) is 1.74. The van der Waals surface area contributed by atoms with Crippen LogP contribution in [0, 0.1) is 9.81 Å². The highest BCUT2D eigenvalue weighted by molar-refractivity contribution is 14.1. The molecule has 0 radical (unpaired) electrons. The molecule has 2 N–H and O–H groups in total. The third kappa shape index (κ3) is 3.47. The van der Waals surface area contributed by atoms with Crippen molar-refractivity contribution < 1.29 is 4.79 Å². The second-order valence-electron chi connectivity index (χ2n) is 4.60. The Kier molecular flexibility index (Phi) is 4.44. The summed E-state index contributed by atoms with van der Waals surface area (Å²) in [5, 5.41) is 10.9. The molecule has 0 bridgehead atoms. The van der Waals surface area contributed by atoms with Gasteiger partial charge in [-0.25, -0.2) is 9.48 Å².